The summed E-state index contributed by atoms with van der Waals surface area (Å²) in [5, 5.41) is 2.74. The lowest BCUT2D eigenvalue weighted by Crippen LogP contribution is -2.48. The van der Waals surface area contributed by atoms with E-state index in [0.29, 0.717) is 13.0 Å². The third-order valence-electron chi connectivity index (χ3n) is 7.78. The molecule has 0 unspecified atom stereocenters. The zero-order valence-electron chi connectivity index (χ0n) is 20.3. The molecule has 33 heavy (non-hydrogen) atoms. The summed E-state index contributed by atoms with van der Waals surface area (Å²) in [6.45, 7) is 5.81. The molecule has 1 N–H and O–H groups in total. The molecule has 1 aromatic carbocycles. The minimum atomic E-state index is -0.573. The van der Waals surface area contributed by atoms with Crippen LogP contribution in [0.5, 0.6) is 0 Å². The molecule has 2 amide bonds. The summed E-state index contributed by atoms with van der Waals surface area (Å²) in [6, 6.07) is 9.75. The van der Waals surface area contributed by atoms with E-state index in [1.54, 1.807) is 4.90 Å². The van der Waals surface area contributed by atoms with Crippen LogP contribution in [0, 0.1) is 23.2 Å². The van der Waals surface area contributed by atoms with Crippen molar-refractivity contribution in [3.8, 4) is 0 Å². The van der Waals surface area contributed by atoms with Crippen molar-refractivity contribution in [3.05, 3.63) is 35.9 Å². The van der Waals surface area contributed by atoms with E-state index in [1.807, 2.05) is 51.1 Å². The van der Waals surface area contributed by atoms with Gasteiger partial charge in [0.25, 0.3) is 5.91 Å². The van der Waals surface area contributed by atoms with Crippen molar-refractivity contribution in [2.24, 2.45) is 23.2 Å². The van der Waals surface area contributed by atoms with E-state index in [-0.39, 0.29) is 30.4 Å². The Bertz CT molecular complexity index is 839. The zero-order valence-corrected chi connectivity index (χ0v) is 20.3. The monoisotopic (exact) mass is 454 g/mol. The van der Waals surface area contributed by atoms with E-state index in [0.717, 1.165) is 42.6 Å². The number of hydrogen-bond acceptors (Lipinski definition) is 4. The van der Waals surface area contributed by atoms with Crippen molar-refractivity contribution in [1.82, 2.24) is 10.2 Å². The number of ether oxygens (including phenoxy) is 1. The van der Waals surface area contributed by atoms with Crippen LogP contribution < -0.4 is 5.32 Å². The van der Waals surface area contributed by atoms with E-state index in [2.05, 4.69) is 5.32 Å². The van der Waals surface area contributed by atoms with E-state index >= 15 is 0 Å². The molecule has 4 saturated carbocycles. The zero-order chi connectivity index (χ0) is 23.6. The Morgan fingerprint density at radius 2 is 1.58 bits per heavy atom. The lowest BCUT2D eigenvalue weighted by Gasteiger charge is -2.56. The Morgan fingerprint density at radius 3 is 2.12 bits per heavy atom. The molecule has 4 fully saturated rings. The van der Waals surface area contributed by atoms with Crippen LogP contribution in [-0.2, 0) is 25.7 Å². The van der Waals surface area contributed by atoms with Gasteiger partial charge in [-0.05, 0) is 88.0 Å². The Hall–Kier alpha value is -2.37. The summed E-state index contributed by atoms with van der Waals surface area (Å²) in [7, 11) is 0. The van der Waals surface area contributed by atoms with Gasteiger partial charge in [0.05, 0.1) is 0 Å². The minimum absolute atomic E-state index is 0.0689. The summed E-state index contributed by atoms with van der Waals surface area (Å²) >= 11 is 0. The molecule has 4 aliphatic rings. The third kappa shape index (κ3) is 5.96. The van der Waals surface area contributed by atoms with E-state index in [1.165, 1.54) is 19.3 Å². The number of hydrogen-bond donors (Lipinski definition) is 1. The Balaban J connectivity index is 1.22. The van der Waals surface area contributed by atoms with Gasteiger partial charge in [0.1, 0.15) is 6.54 Å². The van der Waals surface area contributed by atoms with Gasteiger partial charge in [-0.15, -0.1) is 0 Å². The van der Waals surface area contributed by atoms with Gasteiger partial charge in [-0.25, -0.2) is 0 Å². The summed E-state index contributed by atoms with van der Waals surface area (Å²) in [5.41, 5.74) is 0.749. The number of amides is 2. The highest BCUT2D eigenvalue weighted by molar-refractivity contribution is 5.84. The first-order valence-electron chi connectivity index (χ1n) is 12.4. The number of rotatable bonds is 8. The molecule has 0 atom stereocenters. The second-order valence-electron chi connectivity index (χ2n) is 11.7. The van der Waals surface area contributed by atoms with Crippen LogP contribution in [-0.4, -0.2) is 41.4 Å². The molecule has 0 aliphatic heterocycles. The summed E-state index contributed by atoms with van der Waals surface area (Å²) in [5.74, 6) is 1.49. The van der Waals surface area contributed by atoms with Crippen molar-refractivity contribution < 1.29 is 19.1 Å². The van der Waals surface area contributed by atoms with Crippen molar-refractivity contribution in [3.63, 3.8) is 0 Å². The number of nitrogens with one attached hydrogen (secondary N) is 1. The van der Waals surface area contributed by atoms with Crippen molar-refractivity contribution in [2.75, 3.05) is 13.2 Å². The Labute approximate surface area is 197 Å². The normalized spacial score (nSPS) is 27.8. The van der Waals surface area contributed by atoms with Crippen molar-refractivity contribution in [1.29, 1.82) is 0 Å². The number of nitrogens with zero attached hydrogens (tertiary/aromatic N) is 1. The first-order chi connectivity index (χ1) is 15.6. The number of carbonyl (C=O) groups excluding carboxylic acids is 3. The van der Waals surface area contributed by atoms with Crippen LogP contribution in [0.2, 0.25) is 0 Å². The summed E-state index contributed by atoms with van der Waals surface area (Å²) in [4.78, 5) is 39.4. The van der Waals surface area contributed by atoms with E-state index in [4.69, 9.17) is 4.74 Å². The van der Waals surface area contributed by atoms with Crippen LogP contribution in [0.1, 0.15) is 71.3 Å². The first kappa shape index (κ1) is 23.8. The predicted molar refractivity (Wildman–Crippen MR) is 126 cm³/mol. The predicted octanol–water partition coefficient (Wildman–Crippen LogP) is 4.08. The molecule has 5 rings (SSSR count). The highest BCUT2D eigenvalue weighted by atomic mass is 16.5. The molecule has 0 saturated heterocycles. The third-order valence-corrected chi connectivity index (χ3v) is 7.78. The maximum absolute atomic E-state index is 12.8. The molecule has 4 bridgehead atoms. The molecule has 1 aromatic rings. The summed E-state index contributed by atoms with van der Waals surface area (Å²) in [6.07, 6.45) is 8.03. The topological polar surface area (TPSA) is 75.7 Å². The Morgan fingerprint density at radius 1 is 1.00 bits per heavy atom. The van der Waals surface area contributed by atoms with Crippen molar-refractivity contribution in [2.45, 2.75) is 77.8 Å². The maximum atomic E-state index is 12.8. The Kier molecular flexibility index (Phi) is 6.83. The minimum Gasteiger partial charge on any atom is -0.454 e. The number of carbonyl (C=O) groups is 3. The van der Waals surface area contributed by atoms with Gasteiger partial charge < -0.3 is 15.0 Å². The molecule has 0 aromatic heterocycles. The molecule has 0 heterocycles. The first-order valence-corrected chi connectivity index (χ1v) is 12.4. The van der Waals surface area contributed by atoms with Crippen molar-refractivity contribution >= 4 is 17.8 Å². The quantitative estimate of drug-likeness (QED) is 0.601. The SMILES string of the molecule is CC(C)(C)N(Cc1ccccc1)C(=O)COC(=O)CNC(=O)CC12CC3CC(CC(C3)C1)C2. The highest BCUT2D eigenvalue weighted by Crippen LogP contribution is 2.61. The summed E-state index contributed by atoms with van der Waals surface area (Å²) < 4.78 is 5.22. The van der Waals surface area contributed by atoms with Gasteiger partial charge in [-0.2, -0.15) is 0 Å². The van der Waals surface area contributed by atoms with E-state index in [9.17, 15) is 14.4 Å². The largest absolute Gasteiger partial charge is 0.454 e. The number of benzene rings is 1. The smallest absolute Gasteiger partial charge is 0.325 e. The molecule has 4 aliphatic carbocycles. The van der Waals surface area contributed by atoms with Crippen LogP contribution in [0.15, 0.2) is 30.3 Å². The molecule has 6 nitrogen and oxygen atoms in total. The van der Waals surface area contributed by atoms with Crippen LogP contribution >= 0.6 is 0 Å². The van der Waals surface area contributed by atoms with Gasteiger partial charge in [0.15, 0.2) is 6.61 Å². The van der Waals surface area contributed by atoms with Gasteiger partial charge >= 0.3 is 5.97 Å². The average Bonchev–Trinajstić information content (AvgIpc) is 2.73. The van der Waals surface area contributed by atoms with Crippen LogP contribution in [0.25, 0.3) is 0 Å². The van der Waals surface area contributed by atoms with E-state index < -0.39 is 11.5 Å². The van der Waals surface area contributed by atoms with Gasteiger partial charge in [0.2, 0.25) is 5.91 Å². The molecule has 180 valence electrons. The van der Waals surface area contributed by atoms with Gasteiger partial charge in [-0.1, -0.05) is 30.3 Å². The average molecular weight is 455 g/mol. The maximum Gasteiger partial charge on any atom is 0.325 e. The van der Waals surface area contributed by atoms with Gasteiger partial charge in [-0.3, -0.25) is 14.4 Å². The molecule has 0 spiro atoms. The molecular weight excluding hydrogens is 416 g/mol. The molecule has 0 radical (unpaired) electrons. The van der Waals surface area contributed by atoms with Crippen LogP contribution in [0.3, 0.4) is 0 Å². The highest BCUT2D eigenvalue weighted by Gasteiger charge is 2.51. The number of esters is 1. The fourth-order valence-corrected chi connectivity index (χ4v) is 6.82. The lowest BCUT2D eigenvalue weighted by atomic mass is 9.49. The lowest BCUT2D eigenvalue weighted by molar-refractivity contribution is -0.154. The fraction of sp³-hybridized carbons (Fsp3) is 0.667. The molecule has 6 heteroatoms. The second kappa shape index (κ2) is 9.47. The second-order valence-corrected chi connectivity index (χ2v) is 11.7. The fourth-order valence-electron chi connectivity index (χ4n) is 6.82. The van der Waals surface area contributed by atoms with Gasteiger partial charge in [0, 0.05) is 18.5 Å². The standard InChI is InChI=1S/C27H38N2O4/c1-26(2,3)29(17-19-7-5-4-6-8-19)24(31)18-33-25(32)16-28-23(30)15-27-12-20-9-21(13-27)11-22(10-20)14-27/h4-8,20-22H,9-18H2,1-3H3,(H,28,30). The molecular formula is C27H38N2O4. The van der Waals surface area contributed by atoms with Crippen LogP contribution in [0.4, 0.5) is 0 Å².